The van der Waals surface area contributed by atoms with Crippen molar-refractivity contribution in [2.75, 3.05) is 33.2 Å². The van der Waals surface area contributed by atoms with Crippen LogP contribution in [0.3, 0.4) is 0 Å². The second-order valence-corrected chi connectivity index (χ2v) is 19.4. The maximum absolute atomic E-state index is 14.8. The smallest absolute Gasteiger partial charge is 0.336 e. The lowest BCUT2D eigenvalue weighted by molar-refractivity contribution is -0.173. The zero-order valence-corrected chi connectivity index (χ0v) is 30.9. The number of benzene rings is 1. The van der Waals surface area contributed by atoms with Crippen molar-refractivity contribution in [1.82, 2.24) is 14.8 Å². The van der Waals surface area contributed by atoms with Crippen LogP contribution in [-0.4, -0.2) is 65.0 Å². The summed E-state index contributed by atoms with van der Waals surface area (Å²) in [6.45, 7) is 21.2. The summed E-state index contributed by atoms with van der Waals surface area (Å²) in [6, 6.07) is 5.72. The molecule has 2 aromatic rings. The van der Waals surface area contributed by atoms with Crippen molar-refractivity contribution in [2.45, 2.75) is 112 Å². The van der Waals surface area contributed by atoms with Crippen LogP contribution in [0.25, 0.3) is 10.9 Å². The highest BCUT2D eigenvalue weighted by Gasteiger charge is 2.69. The van der Waals surface area contributed by atoms with E-state index in [1.165, 1.54) is 24.1 Å². The number of rotatable bonds is 2. The number of nitrogens with one attached hydrogen (secondary N) is 1. The minimum absolute atomic E-state index is 0.0330. The lowest BCUT2D eigenvalue weighted by Crippen LogP contribution is -2.65. The first-order valence-corrected chi connectivity index (χ1v) is 19.0. The Hall–Kier alpha value is -2.60. The third-order valence-corrected chi connectivity index (χ3v) is 16.4. The van der Waals surface area contributed by atoms with Crippen molar-refractivity contribution >= 4 is 22.8 Å². The van der Waals surface area contributed by atoms with Crippen LogP contribution in [0.1, 0.15) is 121 Å². The van der Waals surface area contributed by atoms with Gasteiger partial charge in [-0.1, -0.05) is 66.2 Å². The van der Waals surface area contributed by atoms with Crippen LogP contribution in [0.4, 0.5) is 0 Å². The number of aromatic carboxylic acids is 1. The molecule has 7 atom stereocenters. The van der Waals surface area contributed by atoms with Gasteiger partial charge in [0.25, 0.3) is 0 Å². The average Bonchev–Trinajstić information content (AvgIpc) is 3.40. The van der Waals surface area contributed by atoms with Crippen molar-refractivity contribution in [3.63, 3.8) is 0 Å². The molecular weight excluding hydrogens is 594 g/mol. The van der Waals surface area contributed by atoms with Gasteiger partial charge in [-0.2, -0.15) is 0 Å². The Balaban J connectivity index is 1.22. The number of carbonyl (C=O) groups excluding carboxylic acids is 1. The molecule has 1 aromatic heterocycles. The second-order valence-electron chi connectivity index (χ2n) is 19.4. The van der Waals surface area contributed by atoms with E-state index in [2.05, 4.69) is 82.4 Å². The fraction of sp³-hybridized carbons (Fsp3) is 0.714. The van der Waals surface area contributed by atoms with Crippen molar-refractivity contribution in [2.24, 2.45) is 44.8 Å². The van der Waals surface area contributed by atoms with E-state index in [1.807, 2.05) is 6.07 Å². The number of nitrogens with zero attached hydrogens (tertiary/aromatic N) is 2. The molecular formula is C42H59N3O3. The molecule has 3 saturated carbocycles. The number of aromatic amines is 1. The molecule has 6 aliphatic rings. The number of carboxylic acid groups (broad SMARTS) is 1. The van der Waals surface area contributed by atoms with E-state index in [0.29, 0.717) is 29.2 Å². The molecule has 6 heteroatoms. The standard InChI is InChI=1S/C42H59N3O3/c1-37(2)16-18-42(36(48)45-22-20-44(8)21-23-45)19-17-40(6)28(29(42)25-37)12-13-32-39(5)24-27-33-26(35(46)47)10-9-11-30(33)43-34(27)38(3,4)31(39)14-15-41(32,40)7/h9-12,29,31-32,43H,13-25H2,1-8H3,(H,46,47)/t29-,31-,32+,39-,40+,41+,42-/m0/s1. The number of aromatic nitrogens is 1. The Kier molecular flexibility index (Phi) is 6.95. The Morgan fingerprint density at radius 1 is 0.896 bits per heavy atom. The Morgan fingerprint density at radius 3 is 2.31 bits per heavy atom. The second kappa shape index (κ2) is 10.2. The molecule has 1 aliphatic heterocycles. The minimum atomic E-state index is -0.842. The van der Waals surface area contributed by atoms with Gasteiger partial charge in [-0.15, -0.1) is 0 Å². The predicted molar refractivity (Wildman–Crippen MR) is 192 cm³/mol. The average molecular weight is 654 g/mol. The molecule has 4 fully saturated rings. The first-order chi connectivity index (χ1) is 22.5. The number of carboxylic acids is 1. The summed E-state index contributed by atoms with van der Waals surface area (Å²) in [6.07, 6.45) is 12.4. The number of hydrogen-bond acceptors (Lipinski definition) is 3. The topological polar surface area (TPSA) is 76.6 Å². The first kappa shape index (κ1) is 32.6. The van der Waals surface area contributed by atoms with Gasteiger partial charge in [0, 0.05) is 48.2 Å². The highest BCUT2D eigenvalue weighted by atomic mass is 16.4. The summed E-state index contributed by atoms with van der Waals surface area (Å²) in [5.41, 5.74) is 5.58. The molecule has 0 spiro atoms. The summed E-state index contributed by atoms with van der Waals surface area (Å²) in [5.74, 6) is 0.925. The molecule has 2 N–H and O–H groups in total. The fourth-order valence-corrected chi connectivity index (χ4v) is 13.5. The van der Waals surface area contributed by atoms with Crippen LogP contribution in [0.15, 0.2) is 29.8 Å². The summed E-state index contributed by atoms with van der Waals surface area (Å²) < 4.78 is 0. The van der Waals surface area contributed by atoms with Gasteiger partial charge >= 0.3 is 5.97 Å². The number of carbonyl (C=O) groups is 2. The molecule has 5 aliphatic carbocycles. The predicted octanol–water partition coefficient (Wildman–Crippen LogP) is 8.46. The highest BCUT2D eigenvalue weighted by molar-refractivity contribution is 6.05. The highest BCUT2D eigenvalue weighted by Crippen LogP contribution is 2.75. The SMILES string of the molecule is CN1CCN(C(=O)[C@]23CCC(C)(C)C[C@H]2C2=CC[C@@H]4[C@@]5(C)Cc6c([nH]c7cccc(C(=O)O)c67)C(C)(C)[C@@H]5CC[C@@]4(C)[C@]2(C)CC3)CC1. The number of likely N-dealkylation sites (N-methyl/N-ethyl adjacent to an activating group) is 1. The van der Waals surface area contributed by atoms with Crippen molar-refractivity contribution in [3.05, 3.63) is 46.7 Å². The van der Waals surface area contributed by atoms with Crippen LogP contribution in [0.2, 0.25) is 0 Å². The monoisotopic (exact) mass is 653 g/mol. The molecule has 0 bridgehead atoms. The maximum atomic E-state index is 14.8. The van der Waals surface area contributed by atoms with E-state index in [4.69, 9.17) is 0 Å². The molecule has 1 amide bonds. The largest absolute Gasteiger partial charge is 0.478 e. The quantitative estimate of drug-likeness (QED) is 0.319. The van der Waals surface area contributed by atoms with Crippen LogP contribution >= 0.6 is 0 Å². The molecule has 0 radical (unpaired) electrons. The lowest BCUT2D eigenvalue weighted by Gasteiger charge is -2.71. The van der Waals surface area contributed by atoms with Gasteiger partial charge < -0.3 is 19.9 Å². The fourth-order valence-electron chi connectivity index (χ4n) is 13.5. The summed E-state index contributed by atoms with van der Waals surface area (Å²) in [7, 11) is 2.18. The normalized spacial score (nSPS) is 40.1. The van der Waals surface area contributed by atoms with E-state index in [9.17, 15) is 14.7 Å². The Labute approximate surface area is 288 Å². The van der Waals surface area contributed by atoms with Crippen molar-refractivity contribution < 1.29 is 14.7 Å². The number of fused-ring (bicyclic) bond motifs is 10. The molecule has 0 unspecified atom stereocenters. The number of hydrogen-bond donors (Lipinski definition) is 2. The summed E-state index contributed by atoms with van der Waals surface area (Å²) in [4.78, 5) is 35.6. The van der Waals surface area contributed by atoms with E-state index in [-0.39, 0.29) is 32.5 Å². The van der Waals surface area contributed by atoms with Crippen LogP contribution in [0, 0.1) is 44.8 Å². The van der Waals surface area contributed by atoms with Gasteiger partial charge in [-0.05, 0) is 122 Å². The molecule has 48 heavy (non-hydrogen) atoms. The van der Waals surface area contributed by atoms with Gasteiger partial charge in [0.2, 0.25) is 5.91 Å². The number of H-pyrrole nitrogens is 1. The van der Waals surface area contributed by atoms with Gasteiger partial charge in [0.1, 0.15) is 0 Å². The first-order valence-electron chi connectivity index (χ1n) is 19.0. The van der Waals surface area contributed by atoms with E-state index < -0.39 is 5.97 Å². The van der Waals surface area contributed by atoms with Crippen LogP contribution in [-0.2, 0) is 16.6 Å². The number of allylic oxidation sites excluding steroid dienone is 2. The summed E-state index contributed by atoms with van der Waals surface area (Å²) in [5, 5.41) is 11.2. The molecule has 8 rings (SSSR count). The van der Waals surface area contributed by atoms with E-state index in [1.54, 1.807) is 11.6 Å². The van der Waals surface area contributed by atoms with Crippen LogP contribution in [0.5, 0.6) is 0 Å². The third-order valence-electron chi connectivity index (χ3n) is 16.4. The molecule has 6 nitrogen and oxygen atoms in total. The molecule has 1 aromatic carbocycles. The van der Waals surface area contributed by atoms with Crippen molar-refractivity contribution in [1.29, 1.82) is 0 Å². The number of amides is 1. The minimum Gasteiger partial charge on any atom is -0.478 e. The van der Waals surface area contributed by atoms with Gasteiger partial charge in [0.15, 0.2) is 0 Å². The maximum Gasteiger partial charge on any atom is 0.336 e. The molecule has 1 saturated heterocycles. The van der Waals surface area contributed by atoms with Crippen LogP contribution < -0.4 is 0 Å². The third kappa shape index (κ3) is 4.13. The van der Waals surface area contributed by atoms with Crippen molar-refractivity contribution in [3.8, 4) is 0 Å². The molecule has 2 heterocycles. The van der Waals surface area contributed by atoms with E-state index >= 15 is 0 Å². The van der Waals surface area contributed by atoms with Gasteiger partial charge in [-0.25, -0.2) is 4.79 Å². The molecule has 260 valence electrons. The van der Waals surface area contributed by atoms with Gasteiger partial charge in [-0.3, -0.25) is 4.79 Å². The van der Waals surface area contributed by atoms with Gasteiger partial charge in [0.05, 0.1) is 11.0 Å². The lowest BCUT2D eigenvalue weighted by atomic mass is 9.33. The summed E-state index contributed by atoms with van der Waals surface area (Å²) >= 11 is 0. The Bertz CT molecular complexity index is 1730. The Morgan fingerprint density at radius 2 is 1.60 bits per heavy atom. The number of piperazine rings is 1. The van der Waals surface area contributed by atoms with E-state index in [0.717, 1.165) is 82.0 Å². The zero-order chi connectivity index (χ0) is 34.2. The zero-order valence-electron chi connectivity index (χ0n) is 30.9.